The number of carbonyl (C=O) groups excluding carboxylic acids is 1. The second kappa shape index (κ2) is 4.15. The van der Waals surface area contributed by atoms with E-state index >= 15 is 0 Å². The van der Waals surface area contributed by atoms with E-state index in [1.807, 2.05) is 0 Å². The third-order valence-corrected chi connectivity index (χ3v) is 0.690. The highest BCUT2D eigenvalue weighted by molar-refractivity contribution is 5.80. The van der Waals surface area contributed by atoms with E-state index in [9.17, 15) is 9.59 Å². The second-order valence-electron chi connectivity index (χ2n) is 1.67. The van der Waals surface area contributed by atoms with Crippen LogP contribution in [0.2, 0.25) is 0 Å². The van der Waals surface area contributed by atoms with Crippen LogP contribution in [0.5, 0.6) is 0 Å². The van der Waals surface area contributed by atoms with Crippen molar-refractivity contribution in [2.45, 2.75) is 0 Å². The highest BCUT2D eigenvalue weighted by Crippen LogP contribution is 1.85. The predicted octanol–water partition coefficient (Wildman–Crippen LogP) is -0.991. The predicted molar refractivity (Wildman–Crippen MR) is 35.4 cm³/mol. The van der Waals surface area contributed by atoms with Crippen LogP contribution in [0.1, 0.15) is 0 Å². The van der Waals surface area contributed by atoms with Crippen molar-refractivity contribution in [2.75, 3.05) is 6.61 Å². The summed E-state index contributed by atoms with van der Waals surface area (Å²) in [5, 5.41) is 8.12. The lowest BCUT2D eigenvalue weighted by Gasteiger charge is -1.98. The third kappa shape index (κ3) is 6.16. The average Bonchev–Trinajstić information content (AvgIpc) is 1.82. The van der Waals surface area contributed by atoms with Gasteiger partial charge in [0, 0.05) is 6.08 Å². The fourth-order valence-electron chi connectivity index (χ4n) is 0.355. The molecule has 0 aromatic rings. The van der Waals surface area contributed by atoms with Gasteiger partial charge in [-0.3, -0.25) is 0 Å². The normalized spacial score (nSPS) is 10.7. The number of amides is 1. The summed E-state index contributed by atoms with van der Waals surface area (Å²) in [6.07, 6.45) is -0.269. The van der Waals surface area contributed by atoms with Crippen LogP contribution in [0.4, 0.5) is 4.79 Å². The van der Waals surface area contributed by atoms with Crippen LogP contribution in [0, 0.1) is 0 Å². The van der Waals surface area contributed by atoms with E-state index in [-0.39, 0.29) is 12.3 Å². The van der Waals surface area contributed by atoms with Gasteiger partial charge in [0.2, 0.25) is 0 Å². The number of ether oxygens (including phenoxy) is 1. The molecular weight excluding hydrogens is 152 g/mol. The Labute approximate surface area is 62.4 Å². The maximum Gasteiger partial charge on any atom is 0.404 e. The molecule has 0 bridgehead atoms. The molecule has 0 atom stereocenters. The highest BCUT2D eigenvalue weighted by atomic mass is 16.5. The maximum atomic E-state index is 9.96. The van der Waals surface area contributed by atoms with E-state index in [0.29, 0.717) is 0 Å². The zero-order valence-corrected chi connectivity index (χ0v) is 5.61. The maximum absolute atomic E-state index is 9.96. The topological polar surface area (TPSA) is 116 Å². The van der Waals surface area contributed by atoms with Crippen LogP contribution >= 0.6 is 0 Å². The SMILES string of the molecule is NC(=O)OCC(N)=CC(=O)O. The van der Waals surface area contributed by atoms with E-state index < -0.39 is 12.1 Å². The van der Waals surface area contributed by atoms with Gasteiger partial charge in [0.15, 0.2) is 0 Å². The Morgan fingerprint density at radius 3 is 2.36 bits per heavy atom. The fourth-order valence-corrected chi connectivity index (χ4v) is 0.355. The van der Waals surface area contributed by atoms with Gasteiger partial charge in [0.25, 0.3) is 0 Å². The summed E-state index contributed by atoms with van der Waals surface area (Å²) in [4.78, 5) is 19.9. The summed E-state index contributed by atoms with van der Waals surface area (Å²) in [5.41, 5.74) is 9.58. The van der Waals surface area contributed by atoms with Crippen molar-refractivity contribution >= 4 is 12.1 Å². The lowest BCUT2D eigenvalue weighted by molar-refractivity contribution is -0.131. The van der Waals surface area contributed by atoms with Gasteiger partial charge in [-0.2, -0.15) is 0 Å². The Morgan fingerprint density at radius 2 is 2.00 bits per heavy atom. The molecule has 0 fully saturated rings. The van der Waals surface area contributed by atoms with E-state index in [1.165, 1.54) is 0 Å². The van der Waals surface area contributed by atoms with Crippen LogP contribution < -0.4 is 11.5 Å². The molecule has 5 N–H and O–H groups in total. The van der Waals surface area contributed by atoms with Gasteiger partial charge in [-0.15, -0.1) is 0 Å². The summed E-state index contributed by atoms with van der Waals surface area (Å²) in [6.45, 7) is -0.304. The van der Waals surface area contributed by atoms with Crippen LogP contribution in [0.3, 0.4) is 0 Å². The number of primary amides is 1. The Kier molecular flexibility index (Phi) is 3.50. The van der Waals surface area contributed by atoms with Crippen molar-refractivity contribution in [3.8, 4) is 0 Å². The molecule has 0 aliphatic rings. The number of carbonyl (C=O) groups is 2. The molecule has 0 radical (unpaired) electrons. The number of rotatable bonds is 3. The first-order chi connectivity index (χ1) is 5.02. The van der Waals surface area contributed by atoms with Crippen LogP contribution in [0.25, 0.3) is 0 Å². The standard InChI is InChI=1S/C5H8N2O4/c6-3(1-4(8)9)2-11-5(7)10/h1H,2,6H2,(H2,7,10)(H,8,9). The summed E-state index contributed by atoms with van der Waals surface area (Å²) in [7, 11) is 0. The minimum atomic E-state index is -1.20. The van der Waals surface area contributed by atoms with Crippen molar-refractivity contribution in [3.63, 3.8) is 0 Å². The molecule has 0 rings (SSSR count). The van der Waals surface area contributed by atoms with E-state index in [4.69, 9.17) is 10.8 Å². The molecule has 0 aliphatic carbocycles. The lowest BCUT2D eigenvalue weighted by Crippen LogP contribution is -2.18. The van der Waals surface area contributed by atoms with Crippen molar-refractivity contribution < 1.29 is 19.4 Å². The third-order valence-electron chi connectivity index (χ3n) is 0.690. The van der Waals surface area contributed by atoms with Crippen molar-refractivity contribution in [3.05, 3.63) is 11.8 Å². The molecule has 0 spiro atoms. The molecule has 62 valence electrons. The average molecular weight is 160 g/mol. The number of aliphatic carboxylic acids is 1. The second-order valence-corrected chi connectivity index (χ2v) is 1.67. The number of nitrogens with two attached hydrogens (primary N) is 2. The first kappa shape index (κ1) is 9.28. The molecule has 6 nitrogen and oxygen atoms in total. The molecule has 0 saturated heterocycles. The molecule has 1 amide bonds. The number of carboxylic acid groups (broad SMARTS) is 1. The highest BCUT2D eigenvalue weighted by Gasteiger charge is 1.97. The van der Waals surface area contributed by atoms with E-state index in [1.54, 1.807) is 0 Å². The van der Waals surface area contributed by atoms with Crippen LogP contribution in [0.15, 0.2) is 11.8 Å². The minimum absolute atomic E-state index is 0.0729. The molecule has 0 aromatic carbocycles. The van der Waals surface area contributed by atoms with Crippen molar-refractivity contribution in [2.24, 2.45) is 11.5 Å². The largest absolute Gasteiger partial charge is 0.478 e. The quantitative estimate of drug-likeness (QED) is 0.458. The van der Waals surface area contributed by atoms with Gasteiger partial charge in [-0.1, -0.05) is 0 Å². The summed E-state index contributed by atoms with van der Waals surface area (Å²) < 4.78 is 4.19. The van der Waals surface area contributed by atoms with Gasteiger partial charge in [0.05, 0.1) is 5.70 Å². The summed E-state index contributed by atoms with van der Waals surface area (Å²) in [6, 6.07) is 0. The zero-order chi connectivity index (χ0) is 8.85. The lowest BCUT2D eigenvalue weighted by atomic mass is 10.4. The fraction of sp³-hybridized carbons (Fsp3) is 0.200. The molecular formula is C5H8N2O4. The number of carboxylic acids is 1. The van der Waals surface area contributed by atoms with Gasteiger partial charge >= 0.3 is 12.1 Å². The molecule has 6 heteroatoms. The molecule has 0 saturated carbocycles. The van der Waals surface area contributed by atoms with Crippen molar-refractivity contribution in [1.82, 2.24) is 0 Å². The van der Waals surface area contributed by atoms with Crippen LogP contribution in [-0.2, 0) is 9.53 Å². The molecule has 0 heterocycles. The molecule has 0 aliphatic heterocycles. The summed E-state index contributed by atoms with van der Waals surface area (Å²) >= 11 is 0. The van der Waals surface area contributed by atoms with E-state index in [0.717, 1.165) is 6.08 Å². The van der Waals surface area contributed by atoms with Gasteiger partial charge in [-0.05, 0) is 0 Å². The first-order valence-electron chi connectivity index (χ1n) is 2.63. The Morgan fingerprint density at radius 1 is 1.45 bits per heavy atom. The minimum Gasteiger partial charge on any atom is -0.478 e. The monoisotopic (exact) mass is 160 g/mol. The number of hydrogen-bond acceptors (Lipinski definition) is 4. The molecule has 0 unspecified atom stereocenters. The molecule has 0 aromatic heterocycles. The Hall–Kier alpha value is -1.72. The summed E-state index contributed by atoms with van der Waals surface area (Å²) in [5.74, 6) is -1.20. The van der Waals surface area contributed by atoms with Crippen molar-refractivity contribution in [1.29, 1.82) is 0 Å². The smallest absolute Gasteiger partial charge is 0.404 e. The van der Waals surface area contributed by atoms with Gasteiger partial charge < -0.3 is 21.3 Å². The van der Waals surface area contributed by atoms with Crippen LogP contribution in [-0.4, -0.2) is 23.8 Å². The van der Waals surface area contributed by atoms with E-state index in [2.05, 4.69) is 10.5 Å². The first-order valence-corrected chi connectivity index (χ1v) is 2.63. The zero-order valence-electron chi connectivity index (χ0n) is 5.61. The van der Waals surface area contributed by atoms with Gasteiger partial charge in [0.1, 0.15) is 6.61 Å². The van der Waals surface area contributed by atoms with Gasteiger partial charge in [-0.25, -0.2) is 9.59 Å². The number of hydrogen-bond donors (Lipinski definition) is 3. The Balaban J connectivity index is 3.77. The molecule has 11 heavy (non-hydrogen) atoms. The Bertz CT molecular complexity index is 199.